The molecule has 4 heterocycles. The summed E-state index contributed by atoms with van der Waals surface area (Å²) in [6.45, 7) is 7.64. The lowest BCUT2D eigenvalue weighted by Crippen LogP contribution is -2.43. The van der Waals surface area contributed by atoms with Gasteiger partial charge in [-0.2, -0.15) is 10.2 Å². The number of piperidine rings is 1. The molecule has 5 rings (SSSR count). The van der Waals surface area contributed by atoms with Crippen LogP contribution in [-0.2, 0) is 11.3 Å². The van der Waals surface area contributed by atoms with Crippen LogP contribution in [-0.4, -0.2) is 39.0 Å². The minimum absolute atomic E-state index is 0.0259. The maximum Gasteiger partial charge on any atom is 0.225 e. The highest BCUT2D eigenvalue weighted by Gasteiger charge is 2.29. The lowest BCUT2D eigenvalue weighted by atomic mass is 9.97. The average Bonchev–Trinajstić information content (AvgIpc) is 3.42. The van der Waals surface area contributed by atoms with Gasteiger partial charge in [-0.25, -0.2) is 4.68 Å². The molecule has 1 amide bonds. The van der Waals surface area contributed by atoms with Gasteiger partial charge in [0.15, 0.2) is 5.82 Å². The van der Waals surface area contributed by atoms with Crippen LogP contribution in [0.2, 0.25) is 5.02 Å². The predicted molar refractivity (Wildman–Crippen MR) is 131 cm³/mol. The van der Waals surface area contributed by atoms with Crippen LogP contribution >= 0.6 is 11.6 Å². The monoisotopic (exact) mass is 478 g/mol. The van der Waals surface area contributed by atoms with E-state index in [1.54, 1.807) is 0 Å². The molecular formula is C25H27ClN6O2. The van der Waals surface area contributed by atoms with Crippen LogP contribution in [0.15, 0.2) is 40.8 Å². The third-order valence-electron chi connectivity index (χ3n) is 6.38. The molecule has 0 radical (unpaired) electrons. The number of aryl methyl sites for hydroxylation is 3. The Balaban J connectivity index is 1.40. The second-order valence-corrected chi connectivity index (χ2v) is 9.26. The largest absolute Gasteiger partial charge is 0.465 e. The van der Waals surface area contributed by atoms with Crippen LogP contribution in [0.25, 0.3) is 16.6 Å². The van der Waals surface area contributed by atoms with Gasteiger partial charge < -0.3 is 14.6 Å². The topological polar surface area (TPSA) is 89.1 Å². The summed E-state index contributed by atoms with van der Waals surface area (Å²) in [6, 6.07) is 11.4. The van der Waals surface area contributed by atoms with E-state index in [0.29, 0.717) is 18.1 Å². The summed E-state index contributed by atoms with van der Waals surface area (Å²) in [6.07, 6.45) is 1.73. The molecule has 1 aliphatic rings. The second-order valence-electron chi connectivity index (χ2n) is 8.82. The standard InChI is InChI=1S/C25H27ClN6O2/c1-15-6-11-21(34-15)13-27-25(33)18-5-4-12-31(14-18)24-23-22(16(2)28-29-24)17(3)32(30-23)20-9-7-19(26)8-10-20/h6-11,18H,4-5,12-14H2,1-3H3,(H,27,33)/t18-/m1/s1. The summed E-state index contributed by atoms with van der Waals surface area (Å²) < 4.78 is 7.47. The molecule has 1 aromatic carbocycles. The highest BCUT2D eigenvalue weighted by Crippen LogP contribution is 2.31. The van der Waals surface area contributed by atoms with Crippen molar-refractivity contribution in [1.29, 1.82) is 0 Å². The molecule has 0 bridgehead atoms. The Hall–Kier alpha value is -3.39. The maximum absolute atomic E-state index is 12.9. The first-order chi connectivity index (χ1) is 16.4. The van der Waals surface area contributed by atoms with Gasteiger partial charge in [0.2, 0.25) is 5.91 Å². The minimum atomic E-state index is -0.137. The summed E-state index contributed by atoms with van der Waals surface area (Å²) in [5, 5.41) is 18.5. The molecule has 0 saturated carbocycles. The van der Waals surface area contributed by atoms with Crippen molar-refractivity contribution in [3.63, 3.8) is 0 Å². The van der Waals surface area contributed by atoms with Gasteiger partial charge in [-0.05, 0) is 70.0 Å². The fourth-order valence-electron chi connectivity index (χ4n) is 4.64. The smallest absolute Gasteiger partial charge is 0.225 e. The Labute approximate surface area is 202 Å². The molecule has 176 valence electrons. The van der Waals surface area contributed by atoms with E-state index in [2.05, 4.69) is 20.4 Å². The summed E-state index contributed by atoms with van der Waals surface area (Å²) in [5.74, 6) is 2.20. The number of nitrogens with one attached hydrogen (secondary N) is 1. The lowest BCUT2D eigenvalue weighted by Gasteiger charge is -2.32. The summed E-state index contributed by atoms with van der Waals surface area (Å²) in [7, 11) is 0. The van der Waals surface area contributed by atoms with Crippen LogP contribution in [0.3, 0.4) is 0 Å². The number of nitrogens with zero attached hydrogens (tertiary/aromatic N) is 5. The van der Waals surface area contributed by atoms with Crippen molar-refractivity contribution in [3.8, 4) is 5.69 Å². The predicted octanol–water partition coefficient (Wildman–Crippen LogP) is 4.52. The number of furan rings is 1. The maximum atomic E-state index is 12.9. The van der Waals surface area contributed by atoms with Gasteiger partial charge in [-0.15, -0.1) is 5.10 Å². The van der Waals surface area contributed by atoms with E-state index in [1.165, 1.54) is 0 Å². The Morgan fingerprint density at radius 2 is 1.94 bits per heavy atom. The molecule has 0 aliphatic carbocycles. The molecule has 9 heteroatoms. The van der Waals surface area contributed by atoms with E-state index >= 15 is 0 Å². The van der Waals surface area contributed by atoms with E-state index in [4.69, 9.17) is 21.1 Å². The number of benzene rings is 1. The van der Waals surface area contributed by atoms with Crippen LogP contribution in [0.1, 0.15) is 35.7 Å². The zero-order chi connectivity index (χ0) is 23.8. The first-order valence-electron chi connectivity index (χ1n) is 11.5. The van der Waals surface area contributed by atoms with Gasteiger partial charge in [0.25, 0.3) is 0 Å². The van der Waals surface area contributed by atoms with Crippen molar-refractivity contribution < 1.29 is 9.21 Å². The third kappa shape index (κ3) is 4.25. The zero-order valence-electron chi connectivity index (χ0n) is 19.5. The number of anilines is 1. The summed E-state index contributed by atoms with van der Waals surface area (Å²) in [4.78, 5) is 15.0. The van der Waals surface area contributed by atoms with Crippen molar-refractivity contribution in [3.05, 3.63) is 64.3 Å². The molecule has 1 atom stereocenters. The number of amides is 1. The number of rotatable bonds is 5. The molecule has 34 heavy (non-hydrogen) atoms. The van der Waals surface area contributed by atoms with E-state index < -0.39 is 0 Å². The highest BCUT2D eigenvalue weighted by molar-refractivity contribution is 6.30. The van der Waals surface area contributed by atoms with Crippen molar-refractivity contribution in [2.75, 3.05) is 18.0 Å². The summed E-state index contributed by atoms with van der Waals surface area (Å²) >= 11 is 6.07. The van der Waals surface area contributed by atoms with Gasteiger partial charge in [-0.3, -0.25) is 4.79 Å². The zero-order valence-corrected chi connectivity index (χ0v) is 20.3. The number of carbonyl (C=O) groups excluding carboxylic acids is 1. The number of halogens is 1. The third-order valence-corrected chi connectivity index (χ3v) is 6.63. The van der Waals surface area contributed by atoms with E-state index in [0.717, 1.165) is 64.7 Å². The van der Waals surface area contributed by atoms with Crippen LogP contribution < -0.4 is 10.2 Å². The second kappa shape index (κ2) is 9.10. The normalized spacial score (nSPS) is 16.2. The fraction of sp³-hybridized carbons (Fsp3) is 0.360. The minimum Gasteiger partial charge on any atom is -0.465 e. The van der Waals surface area contributed by atoms with Crippen molar-refractivity contribution >= 4 is 34.2 Å². The molecular weight excluding hydrogens is 452 g/mol. The average molecular weight is 479 g/mol. The Morgan fingerprint density at radius 3 is 2.68 bits per heavy atom. The number of carbonyl (C=O) groups is 1. The van der Waals surface area contributed by atoms with Crippen molar-refractivity contribution in [1.82, 2.24) is 25.3 Å². The number of aromatic nitrogens is 4. The van der Waals surface area contributed by atoms with Crippen molar-refractivity contribution in [2.45, 2.75) is 40.2 Å². The lowest BCUT2D eigenvalue weighted by molar-refractivity contribution is -0.125. The molecule has 3 aromatic heterocycles. The molecule has 1 fully saturated rings. The number of hydrogen-bond acceptors (Lipinski definition) is 6. The number of hydrogen-bond donors (Lipinski definition) is 1. The molecule has 0 unspecified atom stereocenters. The Bertz CT molecular complexity index is 1340. The highest BCUT2D eigenvalue weighted by atomic mass is 35.5. The van der Waals surface area contributed by atoms with E-state index in [-0.39, 0.29) is 11.8 Å². The van der Waals surface area contributed by atoms with E-state index in [9.17, 15) is 4.79 Å². The van der Waals surface area contributed by atoms with Crippen LogP contribution in [0, 0.1) is 26.7 Å². The van der Waals surface area contributed by atoms with Crippen LogP contribution in [0.5, 0.6) is 0 Å². The van der Waals surface area contributed by atoms with Crippen molar-refractivity contribution in [2.24, 2.45) is 5.92 Å². The van der Waals surface area contributed by atoms with Gasteiger partial charge in [-0.1, -0.05) is 11.6 Å². The van der Waals surface area contributed by atoms with E-state index in [1.807, 2.05) is 61.9 Å². The molecule has 4 aromatic rings. The molecule has 1 aliphatic heterocycles. The summed E-state index contributed by atoms with van der Waals surface area (Å²) in [5.41, 5.74) is 3.54. The molecule has 1 N–H and O–H groups in total. The quantitative estimate of drug-likeness (QED) is 0.453. The number of fused-ring (bicyclic) bond motifs is 1. The molecule has 1 saturated heterocycles. The first-order valence-corrected chi connectivity index (χ1v) is 11.8. The van der Waals surface area contributed by atoms with Crippen LogP contribution in [0.4, 0.5) is 5.82 Å². The van der Waals surface area contributed by atoms with Gasteiger partial charge in [0.05, 0.1) is 34.9 Å². The van der Waals surface area contributed by atoms with Gasteiger partial charge in [0.1, 0.15) is 17.0 Å². The molecule has 0 spiro atoms. The SMILES string of the molecule is Cc1ccc(CNC(=O)[C@@H]2CCCN(c3nnc(C)c4c(C)n(-c5ccc(Cl)cc5)nc34)C2)o1. The fourth-order valence-corrected chi connectivity index (χ4v) is 4.77. The van der Waals surface area contributed by atoms with Gasteiger partial charge >= 0.3 is 0 Å². The first kappa shape index (κ1) is 22.4. The van der Waals surface area contributed by atoms with Gasteiger partial charge in [0, 0.05) is 18.1 Å². The molecule has 8 nitrogen and oxygen atoms in total. The Kier molecular flexibility index (Phi) is 6.00. The Morgan fingerprint density at radius 1 is 1.15 bits per heavy atom.